The first kappa shape index (κ1) is 9.16. The van der Waals surface area contributed by atoms with Crippen LogP contribution in [-0.4, -0.2) is 16.7 Å². The summed E-state index contributed by atoms with van der Waals surface area (Å²) in [4.78, 5) is 4.34. The van der Waals surface area contributed by atoms with Crippen molar-refractivity contribution in [3.05, 3.63) is 42.1 Å². The number of rotatable bonds is 2. The molecule has 0 fully saturated rings. The fourth-order valence-electron chi connectivity index (χ4n) is 1.62. The van der Waals surface area contributed by atoms with Crippen LogP contribution in [0.1, 0.15) is 18.4 Å². The van der Waals surface area contributed by atoms with Gasteiger partial charge in [0.05, 0.1) is 5.52 Å². The highest BCUT2D eigenvalue weighted by Crippen LogP contribution is 2.22. The van der Waals surface area contributed by atoms with Crippen LogP contribution in [0, 0.1) is 0 Å². The number of hydrogen-bond donors (Lipinski definition) is 1. The van der Waals surface area contributed by atoms with E-state index in [4.69, 9.17) is 5.11 Å². The summed E-state index contributed by atoms with van der Waals surface area (Å²) in [6, 6.07) is 10.0. The van der Waals surface area contributed by atoms with Crippen molar-refractivity contribution in [1.82, 2.24) is 4.98 Å². The van der Waals surface area contributed by atoms with Gasteiger partial charge in [-0.2, -0.15) is 0 Å². The molecule has 0 spiro atoms. The summed E-state index contributed by atoms with van der Waals surface area (Å²) >= 11 is 0. The van der Waals surface area contributed by atoms with E-state index in [1.165, 1.54) is 0 Å². The lowest BCUT2D eigenvalue weighted by Crippen LogP contribution is -2.00. The molecule has 2 nitrogen and oxygen atoms in total. The maximum Gasteiger partial charge on any atom is 0.0737 e. The molecule has 1 atom stereocenters. The van der Waals surface area contributed by atoms with Crippen LogP contribution in [0.2, 0.25) is 0 Å². The summed E-state index contributed by atoms with van der Waals surface area (Å²) in [6.45, 7) is 2.17. The zero-order valence-electron chi connectivity index (χ0n) is 8.14. The molecule has 14 heavy (non-hydrogen) atoms. The van der Waals surface area contributed by atoms with Gasteiger partial charge in [0.2, 0.25) is 0 Å². The lowest BCUT2D eigenvalue weighted by Gasteiger charge is -2.10. The van der Waals surface area contributed by atoms with Crippen molar-refractivity contribution in [3.63, 3.8) is 0 Å². The minimum atomic E-state index is 0.147. The number of fused-ring (bicyclic) bond motifs is 1. The molecule has 2 heteroatoms. The molecule has 0 unspecified atom stereocenters. The Hall–Kier alpha value is -1.41. The zero-order valence-corrected chi connectivity index (χ0v) is 8.14. The molecule has 2 aromatic rings. The molecular weight excluding hydrogens is 174 g/mol. The normalized spacial score (nSPS) is 13.0. The van der Waals surface area contributed by atoms with Gasteiger partial charge in [0.25, 0.3) is 0 Å². The molecule has 2 rings (SSSR count). The molecule has 1 aromatic heterocycles. The van der Waals surface area contributed by atoms with Gasteiger partial charge in [0.15, 0.2) is 0 Å². The minimum absolute atomic E-state index is 0.147. The lowest BCUT2D eigenvalue weighted by atomic mass is 9.99. The van der Waals surface area contributed by atoms with Gasteiger partial charge < -0.3 is 5.11 Å². The second kappa shape index (κ2) is 3.76. The molecule has 0 aliphatic rings. The van der Waals surface area contributed by atoms with E-state index in [0.29, 0.717) is 0 Å². The molecule has 1 heterocycles. The van der Waals surface area contributed by atoms with Crippen molar-refractivity contribution in [2.75, 3.05) is 6.61 Å². The van der Waals surface area contributed by atoms with Gasteiger partial charge in [0, 0.05) is 24.1 Å². The van der Waals surface area contributed by atoms with E-state index >= 15 is 0 Å². The van der Waals surface area contributed by atoms with Crippen molar-refractivity contribution in [3.8, 4) is 0 Å². The molecule has 1 aromatic carbocycles. The summed E-state index contributed by atoms with van der Waals surface area (Å²) in [6.07, 6.45) is 1.79. The van der Waals surface area contributed by atoms with Crippen LogP contribution in [0.15, 0.2) is 36.5 Å². The summed E-state index contributed by atoms with van der Waals surface area (Å²) in [5.74, 6) is 0.147. The number of pyridine rings is 1. The van der Waals surface area contributed by atoms with Crippen molar-refractivity contribution >= 4 is 10.9 Å². The fraction of sp³-hybridized carbons (Fsp3) is 0.250. The molecule has 0 saturated heterocycles. The number of aliphatic hydroxyl groups excluding tert-OH is 1. The largest absolute Gasteiger partial charge is 0.396 e. The summed E-state index contributed by atoms with van der Waals surface area (Å²) in [5.41, 5.74) is 2.11. The van der Waals surface area contributed by atoms with Crippen LogP contribution >= 0.6 is 0 Å². The number of benzene rings is 1. The summed E-state index contributed by atoms with van der Waals surface area (Å²) < 4.78 is 0. The Morgan fingerprint density at radius 1 is 1.29 bits per heavy atom. The predicted octanol–water partition coefficient (Wildman–Crippen LogP) is 2.33. The topological polar surface area (TPSA) is 33.1 Å². The number of para-hydroxylation sites is 1. The zero-order chi connectivity index (χ0) is 9.97. The molecule has 1 N–H and O–H groups in total. The van der Waals surface area contributed by atoms with Gasteiger partial charge in [-0.3, -0.25) is 4.98 Å². The third kappa shape index (κ3) is 1.49. The number of aromatic nitrogens is 1. The molecule has 0 aliphatic carbocycles. The van der Waals surface area contributed by atoms with Crippen molar-refractivity contribution in [2.24, 2.45) is 0 Å². The van der Waals surface area contributed by atoms with E-state index in [-0.39, 0.29) is 12.5 Å². The highest BCUT2D eigenvalue weighted by molar-refractivity contribution is 5.81. The minimum Gasteiger partial charge on any atom is -0.396 e. The molecular formula is C12H13NO. The highest BCUT2D eigenvalue weighted by atomic mass is 16.3. The predicted molar refractivity (Wildman–Crippen MR) is 57.2 cm³/mol. The molecule has 0 radical (unpaired) electrons. The maximum atomic E-state index is 9.12. The standard InChI is InChI=1S/C12H13NO/c1-9(8-14)11-6-2-4-10-5-3-7-13-12(10)11/h2-7,9,14H,8H2,1H3/t9-/m1/s1. The number of hydrogen-bond acceptors (Lipinski definition) is 2. The third-order valence-electron chi connectivity index (χ3n) is 2.47. The number of nitrogens with zero attached hydrogens (tertiary/aromatic N) is 1. The maximum absolute atomic E-state index is 9.12. The molecule has 0 bridgehead atoms. The second-order valence-electron chi connectivity index (χ2n) is 3.51. The Morgan fingerprint density at radius 2 is 2.07 bits per heavy atom. The quantitative estimate of drug-likeness (QED) is 0.782. The molecule has 0 aliphatic heterocycles. The lowest BCUT2D eigenvalue weighted by molar-refractivity contribution is 0.273. The summed E-state index contributed by atoms with van der Waals surface area (Å²) in [7, 11) is 0. The van der Waals surface area contributed by atoms with Crippen molar-refractivity contribution in [1.29, 1.82) is 0 Å². The Bertz CT molecular complexity index is 434. The van der Waals surface area contributed by atoms with Crippen LogP contribution in [0.4, 0.5) is 0 Å². The van der Waals surface area contributed by atoms with E-state index in [1.807, 2.05) is 37.3 Å². The van der Waals surface area contributed by atoms with Gasteiger partial charge in [-0.1, -0.05) is 31.2 Å². The first-order valence-electron chi connectivity index (χ1n) is 4.77. The Morgan fingerprint density at radius 3 is 2.86 bits per heavy atom. The third-order valence-corrected chi connectivity index (χ3v) is 2.47. The second-order valence-corrected chi connectivity index (χ2v) is 3.51. The van der Waals surface area contributed by atoms with E-state index in [0.717, 1.165) is 16.5 Å². The van der Waals surface area contributed by atoms with E-state index < -0.39 is 0 Å². The van der Waals surface area contributed by atoms with E-state index in [2.05, 4.69) is 4.98 Å². The SMILES string of the molecule is C[C@H](CO)c1cccc2cccnc12. The Balaban J connectivity index is 2.65. The van der Waals surface area contributed by atoms with E-state index in [1.54, 1.807) is 6.20 Å². The van der Waals surface area contributed by atoms with Gasteiger partial charge in [-0.25, -0.2) is 0 Å². The average Bonchev–Trinajstić information content (AvgIpc) is 2.27. The first-order valence-corrected chi connectivity index (χ1v) is 4.77. The molecule has 0 amide bonds. The first-order chi connectivity index (χ1) is 6.83. The van der Waals surface area contributed by atoms with Crippen LogP contribution in [0.25, 0.3) is 10.9 Å². The average molecular weight is 187 g/mol. The summed E-state index contributed by atoms with van der Waals surface area (Å²) in [5, 5.41) is 10.2. The van der Waals surface area contributed by atoms with Crippen LogP contribution < -0.4 is 0 Å². The van der Waals surface area contributed by atoms with Gasteiger partial charge in [-0.15, -0.1) is 0 Å². The van der Waals surface area contributed by atoms with Gasteiger partial charge >= 0.3 is 0 Å². The monoisotopic (exact) mass is 187 g/mol. The van der Waals surface area contributed by atoms with Crippen LogP contribution in [0.3, 0.4) is 0 Å². The fourth-order valence-corrected chi connectivity index (χ4v) is 1.62. The Labute approximate surface area is 83.2 Å². The van der Waals surface area contributed by atoms with Gasteiger partial charge in [-0.05, 0) is 11.6 Å². The van der Waals surface area contributed by atoms with Gasteiger partial charge in [0.1, 0.15) is 0 Å². The van der Waals surface area contributed by atoms with Crippen molar-refractivity contribution < 1.29 is 5.11 Å². The smallest absolute Gasteiger partial charge is 0.0737 e. The van der Waals surface area contributed by atoms with Crippen molar-refractivity contribution in [2.45, 2.75) is 12.8 Å². The Kier molecular flexibility index (Phi) is 2.46. The molecule has 72 valence electrons. The number of aliphatic hydroxyl groups is 1. The molecule has 0 saturated carbocycles. The highest BCUT2D eigenvalue weighted by Gasteiger charge is 2.08. The van der Waals surface area contributed by atoms with Crippen LogP contribution in [0.5, 0.6) is 0 Å². The van der Waals surface area contributed by atoms with Crippen LogP contribution in [-0.2, 0) is 0 Å². The van der Waals surface area contributed by atoms with E-state index in [9.17, 15) is 0 Å².